The van der Waals surface area contributed by atoms with E-state index in [-0.39, 0.29) is 18.0 Å². The van der Waals surface area contributed by atoms with Gasteiger partial charge in [0.05, 0.1) is 33.6 Å². The highest BCUT2D eigenvalue weighted by Gasteiger charge is 2.18. The Balaban J connectivity index is 1.37. The van der Waals surface area contributed by atoms with Crippen molar-refractivity contribution < 1.29 is 23.8 Å². The van der Waals surface area contributed by atoms with Crippen molar-refractivity contribution >= 4 is 28.3 Å². The Kier molecular flexibility index (Phi) is 7.32. The van der Waals surface area contributed by atoms with Crippen LogP contribution < -0.4 is 24.8 Å². The van der Waals surface area contributed by atoms with Crippen LogP contribution in [0.5, 0.6) is 17.2 Å². The van der Waals surface area contributed by atoms with E-state index in [0.717, 1.165) is 24.1 Å². The summed E-state index contributed by atoms with van der Waals surface area (Å²) < 4.78 is 15.8. The number of hydrogen-bond donors (Lipinski definition) is 2. The van der Waals surface area contributed by atoms with E-state index in [2.05, 4.69) is 33.8 Å². The first-order valence-corrected chi connectivity index (χ1v) is 11.9. The number of hydrogen-bond acceptors (Lipinski definition) is 7. The summed E-state index contributed by atoms with van der Waals surface area (Å²) in [6.45, 7) is -0.205. The third kappa shape index (κ3) is 5.14. The van der Waals surface area contributed by atoms with Gasteiger partial charge in [0.1, 0.15) is 0 Å². The molecule has 4 rings (SSSR count). The Morgan fingerprint density at radius 2 is 1.68 bits per heavy atom. The lowest BCUT2D eigenvalue weighted by atomic mass is 9.90. The number of anilines is 1. The summed E-state index contributed by atoms with van der Waals surface area (Å²) in [5, 5.41) is 7.77. The van der Waals surface area contributed by atoms with Gasteiger partial charge in [0.2, 0.25) is 11.7 Å². The van der Waals surface area contributed by atoms with Crippen molar-refractivity contribution in [3.8, 4) is 28.5 Å². The molecule has 9 heteroatoms. The SMILES string of the molecule is COc1cc(C(=O)NCC(=O)Nc2nc(-c3ccc4c(c3)CCCC4)cs2)cc(OC)c1OC. The molecule has 0 atom stereocenters. The van der Waals surface area contributed by atoms with Crippen LogP contribution in [0.1, 0.15) is 34.3 Å². The predicted molar refractivity (Wildman–Crippen MR) is 131 cm³/mol. The molecule has 0 bridgehead atoms. The summed E-state index contributed by atoms with van der Waals surface area (Å²) >= 11 is 1.35. The number of methoxy groups -OCH3 is 3. The van der Waals surface area contributed by atoms with Gasteiger partial charge in [-0.1, -0.05) is 12.1 Å². The number of fused-ring (bicyclic) bond motifs is 1. The molecule has 0 radical (unpaired) electrons. The van der Waals surface area contributed by atoms with Gasteiger partial charge < -0.3 is 24.8 Å². The number of benzene rings is 2. The van der Waals surface area contributed by atoms with Crippen molar-refractivity contribution in [2.24, 2.45) is 0 Å². The first-order chi connectivity index (χ1) is 16.5. The summed E-state index contributed by atoms with van der Waals surface area (Å²) in [6, 6.07) is 9.52. The fourth-order valence-electron chi connectivity index (χ4n) is 3.99. The molecule has 0 aliphatic heterocycles. The molecule has 2 aromatic carbocycles. The zero-order valence-corrected chi connectivity index (χ0v) is 20.2. The maximum absolute atomic E-state index is 12.6. The van der Waals surface area contributed by atoms with Gasteiger partial charge in [-0.15, -0.1) is 11.3 Å². The number of nitrogens with zero attached hydrogens (tertiary/aromatic N) is 1. The highest BCUT2D eigenvalue weighted by molar-refractivity contribution is 7.14. The molecule has 178 valence electrons. The molecular weight excluding hydrogens is 454 g/mol. The summed E-state index contributed by atoms with van der Waals surface area (Å²) in [5.74, 6) is 0.288. The first-order valence-electron chi connectivity index (χ1n) is 11.0. The summed E-state index contributed by atoms with van der Waals surface area (Å²) in [6.07, 6.45) is 4.70. The average Bonchev–Trinajstić information content (AvgIpc) is 3.34. The second-order valence-corrected chi connectivity index (χ2v) is 8.73. The summed E-state index contributed by atoms with van der Waals surface area (Å²) in [7, 11) is 4.43. The molecule has 0 saturated heterocycles. The number of amides is 2. The van der Waals surface area contributed by atoms with Gasteiger partial charge in [-0.05, 0) is 55.0 Å². The van der Waals surface area contributed by atoms with Crippen LogP contribution in [0.2, 0.25) is 0 Å². The molecule has 8 nitrogen and oxygen atoms in total. The number of thiazole rings is 1. The van der Waals surface area contributed by atoms with Crippen LogP contribution in [-0.2, 0) is 17.6 Å². The zero-order valence-electron chi connectivity index (χ0n) is 19.4. The average molecular weight is 482 g/mol. The van der Waals surface area contributed by atoms with Crippen LogP contribution in [0.4, 0.5) is 5.13 Å². The number of aryl methyl sites for hydroxylation is 2. The van der Waals surface area contributed by atoms with Crippen molar-refractivity contribution in [1.29, 1.82) is 0 Å². The maximum Gasteiger partial charge on any atom is 0.251 e. The monoisotopic (exact) mass is 481 g/mol. The van der Waals surface area contributed by atoms with Gasteiger partial charge in [-0.2, -0.15) is 0 Å². The molecule has 2 amide bonds. The summed E-state index contributed by atoms with van der Waals surface area (Å²) in [5.41, 5.74) is 4.97. The van der Waals surface area contributed by atoms with E-state index in [1.165, 1.54) is 68.8 Å². The minimum atomic E-state index is -0.441. The van der Waals surface area contributed by atoms with Crippen LogP contribution in [0.3, 0.4) is 0 Å². The Morgan fingerprint density at radius 1 is 0.971 bits per heavy atom. The van der Waals surface area contributed by atoms with E-state index in [0.29, 0.717) is 22.4 Å². The molecule has 1 aliphatic carbocycles. The lowest BCUT2D eigenvalue weighted by Crippen LogP contribution is -2.32. The highest BCUT2D eigenvalue weighted by Crippen LogP contribution is 2.38. The molecule has 1 aliphatic rings. The Labute approximate surface area is 202 Å². The number of carbonyl (C=O) groups is 2. The Morgan fingerprint density at radius 3 is 2.35 bits per heavy atom. The van der Waals surface area contributed by atoms with Gasteiger partial charge in [0.25, 0.3) is 5.91 Å². The molecule has 0 fully saturated rings. The van der Waals surface area contributed by atoms with Crippen LogP contribution in [0.25, 0.3) is 11.3 Å². The lowest BCUT2D eigenvalue weighted by molar-refractivity contribution is -0.115. The topological polar surface area (TPSA) is 98.8 Å². The molecule has 2 N–H and O–H groups in total. The predicted octanol–water partition coefficient (Wildman–Crippen LogP) is 4.08. The number of aromatic nitrogens is 1. The van der Waals surface area contributed by atoms with Crippen molar-refractivity contribution in [3.05, 3.63) is 52.4 Å². The quantitative estimate of drug-likeness (QED) is 0.503. The number of carbonyl (C=O) groups excluding carboxylic acids is 2. The number of ether oxygens (including phenoxy) is 3. The van der Waals surface area contributed by atoms with Crippen molar-refractivity contribution in [2.75, 3.05) is 33.2 Å². The van der Waals surface area contributed by atoms with Gasteiger partial charge in [0, 0.05) is 16.5 Å². The normalized spacial score (nSPS) is 12.4. The minimum Gasteiger partial charge on any atom is -0.493 e. The van der Waals surface area contributed by atoms with E-state index in [9.17, 15) is 9.59 Å². The van der Waals surface area contributed by atoms with E-state index in [1.807, 2.05) is 5.38 Å². The van der Waals surface area contributed by atoms with E-state index < -0.39 is 5.91 Å². The Bertz CT molecular complexity index is 1180. The second-order valence-electron chi connectivity index (χ2n) is 7.87. The number of nitrogens with one attached hydrogen (secondary N) is 2. The molecule has 1 aromatic heterocycles. The van der Waals surface area contributed by atoms with Gasteiger partial charge in [-0.3, -0.25) is 9.59 Å². The molecule has 1 heterocycles. The van der Waals surface area contributed by atoms with Crippen molar-refractivity contribution in [1.82, 2.24) is 10.3 Å². The smallest absolute Gasteiger partial charge is 0.251 e. The molecule has 0 saturated carbocycles. The lowest BCUT2D eigenvalue weighted by Gasteiger charge is -2.16. The second kappa shape index (κ2) is 10.6. The Hall–Kier alpha value is -3.59. The molecule has 0 unspecified atom stereocenters. The van der Waals surface area contributed by atoms with Gasteiger partial charge >= 0.3 is 0 Å². The van der Waals surface area contributed by atoms with E-state index in [1.54, 1.807) is 0 Å². The largest absolute Gasteiger partial charge is 0.493 e. The highest BCUT2D eigenvalue weighted by atomic mass is 32.1. The fraction of sp³-hybridized carbons (Fsp3) is 0.320. The maximum atomic E-state index is 12.6. The van der Waals surface area contributed by atoms with Crippen molar-refractivity contribution in [3.63, 3.8) is 0 Å². The molecular formula is C25H27N3O5S. The van der Waals surface area contributed by atoms with E-state index in [4.69, 9.17) is 14.2 Å². The first kappa shape index (κ1) is 23.6. The fourth-order valence-corrected chi connectivity index (χ4v) is 4.73. The van der Waals surface area contributed by atoms with Gasteiger partial charge in [0.15, 0.2) is 16.6 Å². The summed E-state index contributed by atoms with van der Waals surface area (Å²) in [4.78, 5) is 29.5. The minimum absolute atomic E-state index is 0.205. The van der Waals surface area contributed by atoms with Gasteiger partial charge in [-0.25, -0.2) is 4.98 Å². The van der Waals surface area contributed by atoms with Crippen LogP contribution >= 0.6 is 11.3 Å². The molecule has 3 aromatic rings. The molecule has 34 heavy (non-hydrogen) atoms. The third-order valence-corrected chi connectivity index (χ3v) is 6.49. The van der Waals surface area contributed by atoms with Crippen LogP contribution in [0, 0.1) is 0 Å². The van der Waals surface area contributed by atoms with Crippen LogP contribution in [-0.4, -0.2) is 44.7 Å². The van der Waals surface area contributed by atoms with E-state index >= 15 is 0 Å². The molecule has 0 spiro atoms. The standard InChI is InChI=1S/C25H27N3O5S/c1-31-20-11-18(12-21(32-2)23(20)33-3)24(30)26-13-22(29)28-25-27-19(14-34-25)17-9-8-15-6-4-5-7-16(15)10-17/h8-12,14H,4-7,13H2,1-3H3,(H,26,30)(H,27,28,29). The number of rotatable bonds is 8. The third-order valence-electron chi connectivity index (χ3n) is 5.73. The van der Waals surface area contributed by atoms with Crippen LogP contribution in [0.15, 0.2) is 35.7 Å². The van der Waals surface area contributed by atoms with Crippen molar-refractivity contribution in [2.45, 2.75) is 25.7 Å². The zero-order chi connectivity index (χ0) is 24.1.